The van der Waals surface area contributed by atoms with Gasteiger partial charge in [-0.3, -0.25) is 4.79 Å². The van der Waals surface area contributed by atoms with E-state index in [1.165, 1.54) is 12.1 Å². The normalized spacial score (nSPS) is 14.5. The highest BCUT2D eigenvalue weighted by atomic mass is 79.9. The molecule has 0 unspecified atom stereocenters. The van der Waals surface area contributed by atoms with Gasteiger partial charge in [0.25, 0.3) is 0 Å². The van der Waals surface area contributed by atoms with Crippen molar-refractivity contribution in [3.8, 4) is 6.07 Å². The molecule has 152 valence electrons. The Bertz CT molecular complexity index is 1030. The minimum absolute atomic E-state index is 0.0413. The Labute approximate surface area is 178 Å². The maximum absolute atomic E-state index is 12.4. The summed E-state index contributed by atoms with van der Waals surface area (Å²) in [5.74, 6) is 0.623. The van der Waals surface area contributed by atoms with Crippen LogP contribution in [0.1, 0.15) is 12.0 Å². The first-order valence-corrected chi connectivity index (χ1v) is 11.3. The summed E-state index contributed by atoms with van der Waals surface area (Å²) >= 11 is 3.25. The van der Waals surface area contributed by atoms with Crippen LogP contribution in [0.25, 0.3) is 0 Å². The van der Waals surface area contributed by atoms with Crippen LogP contribution in [0.5, 0.6) is 0 Å². The van der Waals surface area contributed by atoms with E-state index in [2.05, 4.69) is 31.7 Å². The molecular weight excluding hydrogens is 458 g/mol. The first kappa shape index (κ1) is 21.2. The molecule has 1 N–H and O–H groups in total. The monoisotopic (exact) mass is 477 g/mol. The molecule has 1 aliphatic rings. The number of hydrogen-bond donors (Lipinski definition) is 1. The second-order valence-corrected chi connectivity index (χ2v) is 9.17. The molecule has 8 nitrogen and oxygen atoms in total. The lowest BCUT2D eigenvalue weighted by atomic mass is 10.2. The topological polar surface area (TPSA) is 106 Å². The minimum atomic E-state index is -3.65. The molecule has 1 saturated heterocycles. The van der Waals surface area contributed by atoms with Gasteiger partial charge in [-0.05, 0) is 30.3 Å². The number of carbonyl (C=O) groups is 1. The average molecular weight is 478 g/mol. The Hall–Kier alpha value is -2.48. The lowest BCUT2D eigenvalue weighted by molar-refractivity contribution is -0.131. The third-order valence-electron chi connectivity index (χ3n) is 4.57. The number of carbonyl (C=O) groups excluding carboxylic acids is 1. The number of pyridine rings is 1. The number of nitriles is 1. The van der Waals surface area contributed by atoms with Crippen LogP contribution in [0, 0.1) is 11.3 Å². The summed E-state index contributed by atoms with van der Waals surface area (Å²) in [7, 11) is -3.65. The van der Waals surface area contributed by atoms with E-state index >= 15 is 0 Å². The third-order valence-corrected chi connectivity index (χ3v) is 6.52. The van der Waals surface area contributed by atoms with Crippen LogP contribution in [0.2, 0.25) is 0 Å². The largest absolute Gasteiger partial charge is 0.353 e. The zero-order chi connectivity index (χ0) is 20.9. The van der Waals surface area contributed by atoms with Crippen molar-refractivity contribution in [1.82, 2.24) is 14.6 Å². The van der Waals surface area contributed by atoms with Crippen molar-refractivity contribution in [2.45, 2.75) is 11.3 Å². The molecule has 0 saturated carbocycles. The Morgan fingerprint density at radius 2 is 1.97 bits per heavy atom. The summed E-state index contributed by atoms with van der Waals surface area (Å²) in [6.07, 6.45) is 1.69. The molecule has 1 fully saturated rings. The maximum atomic E-state index is 12.4. The van der Waals surface area contributed by atoms with Gasteiger partial charge < -0.3 is 9.80 Å². The number of halogens is 1. The smallest absolute Gasteiger partial charge is 0.240 e. The summed E-state index contributed by atoms with van der Waals surface area (Å²) in [6, 6.07) is 11.9. The fourth-order valence-corrected chi connectivity index (χ4v) is 4.64. The lowest BCUT2D eigenvalue weighted by Gasteiger charge is -2.35. The second-order valence-electron chi connectivity index (χ2n) is 6.49. The number of rotatable bonds is 6. The number of aromatic nitrogens is 1. The average Bonchev–Trinajstić information content (AvgIpc) is 2.73. The number of nitrogens with zero attached hydrogens (tertiary/aromatic N) is 4. The number of benzene rings is 1. The predicted molar refractivity (Wildman–Crippen MR) is 112 cm³/mol. The molecule has 1 aliphatic heterocycles. The standard InChI is InChI=1S/C19H20BrN5O3S/c20-16-2-1-3-17(13-16)29(27,28)23-7-5-19(26)25-10-8-24(9-11-25)18-12-15(14-21)4-6-22-18/h1-4,6,12-13,23H,5,7-11H2. The summed E-state index contributed by atoms with van der Waals surface area (Å²) in [4.78, 5) is 20.6. The van der Waals surface area contributed by atoms with Crippen LogP contribution in [-0.4, -0.2) is 56.9 Å². The van der Waals surface area contributed by atoms with Gasteiger partial charge in [0.2, 0.25) is 15.9 Å². The number of anilines is 1. The first-order chi connectivity index (χ1) is 13.9. The predicted octanol–water partition coefficient (Wildman–Crippen LogP) is 1.73. The van der Waals surface area contributed by atoms with Crippen molar-refractivity contribution >= 4 is 37.7 Å². The van der Waals surface area contributed by atoms with Gasteiger partial charge in [-0.15, -0.1) is 0 Å². The molecule has 1 aromatic carbocycles. The van der Waals surface area contributed by atoms with Gasteiger partial charge in [-0.25, -0.2) is 18.1 Å². The molecule has 0 radical (unpaired) electrons. The number of piperazine rings is 1. The molecular formula is C19H20BrN5O3S. The van der Waals surface area contributed by atoms with Crippen LogP contribution in [0.15, 0.2) is 52.0 Å². The minimum Gasteiger partial charge on any atom is -0.353 e. The molecule has 0 atom stereocenters. The van der Waals surface area contributed by atoms with Crippen molar-refractivity contribution in [2.75, 3.05) is 37.6 Å². The molecule has 1 amide bonds. The molecule has 0 aliphatic carbocycles. The van der Waals surface area contributed by atoms with Crippen LogP contribution in [-0.2, 0) is 14.8 Å². The molecule has 29 heavy (non-hydrogen) atoms. The highest BCUT2D eigenvalue weighted by Gasteiger charge is 2.22. The number of amides is 1. The quantitative estimate of drug-likeness (QED) is 0.678. The number of hydrogen-bond acceptors (Lipinski definition) is 6. The fourth-order valence-electron chi connectivity index (χ4n) is 3.01. The fraction of sp³-hybridized carbons (Fsp3) is 0.316. The molecule has 10 heteroatoms. The highest BCUT2D eigenvalue weighted by Crippen LogP contribution is 2.17. The van der Waals surface area contributed by atoms with Crippen molar-refractivity contribution < 1.29 is 13.2 Å². The van der Waals surface area contributed by atoms with Crippen molar-refractivity contribution in [1.29, 1.82) is 5.26 Å². The Balaban J connectivity index is 1.48. The van der Waals surface area contributed by atoms with E-state index in [0.717, 1.165) is 5.82 Å². The molecule has 0 bridgehead atoms. The molecule has 3 rings (SSSR count). The van der Waals surface area contributed by atoms with Crippen LogP contribution in [0.3, 0.4) is 0 Å². The zero-order valence-electron chi connectivity index (χ0n) is 15.6. The van der Waals surface area contributed by atoms with Gasteiger partial charge in [0.15, 0.2) is 0 Å². The van der Waals surface area contributed by atoms with Gasteiger partial charge in [0.05, 0.1) is 16.5 Å². The van der Waals surface area contributed by atoms with Crippen molar-refractivity contribution in [3.05, 3.63) is 52.6 Å². The summed E-state index contributed by atoms with van der Waals surface area (Å²) in [5, 5.41) is 9.00. The van der Waals surface area contributed by atoms with E-state index in [9.17, 15) is 13.2 Å². The van der Waals surface area contributed by atoms with Gasteiger partial charge >= 0.3 is 0 Å². The highest BCUT2D eigenvalue weighted by molar-refractivity contribution is 9.10. The van der Waals surface area contributed by atoms with Crippen molar-refractivity contribution in [3.63, 3.8) is 0 Å². The van der Waals surface area contributed by atoms with Crippen molar-refractivity contribution in [2.24, 2.45) is 0 Å². The zero-order valence-corrected chi connectivity index (χ0v) is 18.0. The summed E-state index contributed by atoms with van der Waals surface area (Å²) in [6.45, 7) is 2.31. The van der Waals surface area contributed by atoms with Gasteiger partial charge in [0, 0.05) is 49.8 Å². The molecule has 2 heterocycles. The molecule has 2 aromatic rings. The van der Waals surface area contributed by atoms with Crippen LogP contribution >= 0.6 is 15.9 Å². The molecule has 1 aromatic heterocycles. The van der Waals surface area contributed by atoms with E-state index in [4.69, 9.17) is 5.26 Å². The summed E-state index contributed by atoms with van der Waals surface area (Å²) in [5.41, 5.74) is 0.547. The maximum Gasteiger partial charge on any atom is 0.240 e. The Morgan fingerprint density at radius 1 is 1.21 bits per heavy atom. The second kappa shape index (κ2) is 9.35. The Kier molecular flexibility index (Phi) is 6.84. The van der Waals surface area contributed by atoms with E-state index in [1.54, 1.807) is 35.4 Å². The first-order valence-electron chi connectivity index (χ1n) is 9.03. The van der Waals surface area contributed by atoms with Crippen LogP contribution in [0.4, 0.5) is 5.82 Å². The van der Waals surface area contributed by atoms with E-state index in [0.29, 0.717) is 36.2 Å². The van der Waals surface area contributed by atoms with Gasteiger partial charge in [-0.1, -0.05) is 22.0 Å². The number of sulfonamides is 1. The van der Waals surface area contributed by atoms with E-state index in [1.807, 2.05) is 4.90 Å². The van der Waals surface area contributed by atoms with Crippen LogP contribution < -0.4 is 9.62 Å². The van der Waals surface area contributed by atoms with E-state index < -0.39 is 10.0 Å². The van der Waals surface area contributed by atoms with Gasteiger partial charge in [0.1, 0.15) is 5.82 Å². The third kappa shape index (κ3) is 5.53. The number of nitrogens with one attached hydrogen (secondary N) is 1. The van der Waals surface area contributed by atoms with E-state index in [-0.39, 0.29) is 23.8 Å². The summed E-state index contributed by atoms with van der Waals surface area (Å²) < 4.78 is 27.7. The Morgan fingerprint density at radius 3 is 2.66 bits per heavy atom. The lowest BCUT2D eigenvalue weighted by Crippen LogP contribution is -2.49. The SMILES string of the molecule is N#Cc1ccnc(N2CCN(C(=O)CCNS(=O)(=O)c3cccc(Br)c3)CC2)c1. The molecule has 0 spiro atoms. The van der Waals surface area contributed by atoms with Gasteiger partial charge in [-0.2, -0.15) is 5.26 Å².